The Morgan fingerprint density at radius 2 is 1.76 bits per heavy atom. The minimum absolute atomic E-state index is 0.0548. The van der Waals surface area contributed by atoms with E-state index in [1.807, 2.05) is 19.1 Å². The van der Waals surface area contributed by atoms with Crippen LogP contribution in [0.4, 0.5) is 4.39 Å². The zero-order chi connectivity index (χ0) is 12.4. The van der Waals surface area contributed by atoms with E-state index in [1.54, 1.807) is 12.1 Å². The molecule has 0 unspecified atom stereocenters. The van der Waals surface area contributed by atoms with Gasteiger partial charge in [-0.2, -0.15) is 0 Å². The van der Waals surface area contributed by atoms with E-state index in [1.165, 1.54) is 12.1 Å². The van der Waals surface area contributed by atoms with E-state index in [4.69, 9.17) is 11.6 Å². The van der Waals surface area contributed by atoms with Crippen LogP contribution in [0, 0.1) is 12.7 Å². The molecule has 0 atom stereocenters. The van der Waals surface area contributed by atoms with Gasteiger partial charge in [-0.25, -0.2) is 4.39 Å². The van der Waals surface area contributed by atoms with Crippen LogP contribution in [-0.4, -0.2) is 6.29 Å². The molecule has 0 amide bonds. The molecule has 0 aliphatic carbocycles. The number of aryl methyl sites for hydroxylation is 1. The third-order valence-corrected chi connectivity index (χ3v) is 3.04. The summed E-state index contributed by atoms with van der Waals surface area (Å²) >= 11 is 6.03. The molecule has 2 aromatic rings. The van der Waals surface area contributed by atoms with Gasteiger partial charge in [0.15, 0.2) is 6.29 Å². The number of rotatable bonds is 2. The summed E-state index contributed by atoms with van der Waals surface area (Å²) in [5.41, 5.74) is 2.67. The third kappa shape index (κ3) is 2.37. The highest BCUT2D eigenvalue weighted by Crippen LogP contribution is 2.26. The second-order valence-corrected chi connectivity index (χ2v) is 4.23. The fourth-order valence-electron chi connectivity index (χ4n) is 1.59. The standard InChI is InChI=1S/C14H10ClFO/c1-9-2-3-11(7-13(9)15)10-4-5-14(16)12(6-10)8-17/h2-8H,1H3. The van der Waals surface area contributed by atoms with Gasteiger partial charge >= 0.3 is 0 Å². The molecule has 0 heterocycles. The Bertz CT molecular complexity index is 578. The molecule has 2 aromatic carbocycles. The van der Waals surface area contributed by atoms with Gasteiger partial charge in [0.1, 0.15) is 5.82 Å². The number of halogens is 2. The highest BCUT2D eigenvalue weighted by molar-refractivity contribution is 6.31. The van der Waals surface area contributed by atoms with Crippen LogP contribution in [-0.2, 0) is 0 Å². The highest BCUT2D eigenvalue weighted by Gasteiger charge is 2.05. The summed E-state index contributed by atoms with van der Waals surface area (Å²) in [6.07, 6.45) is 0.509. The average Bonchev–Trinajstić information content (AvgIpc) is 2.33. The number of hydrogen-bond donors (Lipinski definition) is 0. The van der Waals surface area contributed by atoms with Crippen LogP contribution in [0.15, 0.2) is 36.4 Å². The Kier molecular flexibility index (Phi) is 3.25. The normalized spacial score (nSPS) is 10.3. The summed E-state index contributed by atoms with van der Waals surface area (Å²) in [7, 11) is 0. The fraction of sp³-hybridized carbons (Fsp3) is 0.0714. The molecule has 0 spiro atoms. The summed E-state index contributed by atoms with van der Waals surface area (Å²) in [5.74, 6) is -0.512. The lowest BCUT2D eigenvalue weighted by Gasteiger charge is -2.05. The topological polar surface area (TPSA) is 17.1 Å². The second-order valence-electron chi connectivity index (χ2n) is 3.82. The van der Waals surface area contributed by atoms with Crippen LogP contribution in [0.3, 0.4) is 0 Å². The quantitative estimate of drug-likeness (QED) is 0.726. The number of aldehydes is 1. The van der Waals surface area contributed by atoms with Gasteiger partial charge in [0, 0.05) is 5.02 Å². The van der Waals surface area contributed by atoms with Crippen molar-refractivity contribution in [1.82, 2.24) is 0 Å². The van der Waals surface area contributed by atoms with E-state index in [2.05, 4.69) is 0 Å². The van der Waals surface area contributed by atoms with E-state index >= 15 is 0 Å². The predicted molar refractivity (Wildman–Crippen MR) is 67.0 cm³/mol. The molecule has 1 nitrogen and oxygen atoms in total. The Morgan fingerprint density at radius 3 is 2.41 bits per heavy atom. The van der Waals surface area contributed by atoms with Crippen molar-refractivity contribution < 1.29 is 9.18 Å². The third-order valence-electron chi connectivity index (χ3n) is 2.63. The minimum Gasteiger partial charge on any atom is -0.298 e. The number of carbonyl (C=O) groups excluding carboxylic acids is 1. The summed E-state index contributed by atoms with van der Waals surface area (Å²) < 4.78 is 13.2. The summed E-state index contributed by atoms with van der Waals surface area (Å²) in [5, 5.41) is 0.652. The average molecular weight is 249 g/mol. The van der Waals surface area contributed by atoms with Crippen LogP contribution >= 0.6 is 11.6 Å². The summed E-state index contributed by atoms with van der Waals surface area (Å²) in [6.45, 7) is 1.91. The van der Waals surface area contributed by atoms with E-state index in [-0.39, 0.29) is 5.56 Å². The van der Waals surface area contributed by atoms with Gasteiger partial charge in [0.2, 0.25) is 0 Å². The van der Waals surface area contributed by atoms with Gasteiger partial charge < -0.3 is 0 Å². The molecule has 17 heavy (non-hydrogen) atoms. The van der Waals surface area contributed by atoms with Gasteiger partial charge in [0.05, 0.1) is 5.56 Å². The van der Waals surface area contributed by atoms with Crippen molar-refractivity contribution >= 4 is 17.9 Å². The van der Waals surface area contributed by atoms with E-state index < -0.39 is 5.82 Å². The van der Waals surface area contributed by atoms with Crippen molar-refractivity contribution in [2.75, 3.05) is 0 Å². The van der Waals surface area contributed by atoms with Crippen molar-refractivity contribution in [2.45, 2.75) is 6.92 Å². The van der Waals surface area contributed by atoms with E-state index in [0.29, 0.717) is 11.3 Å². The molecule has 2 rings (SSSR count). The van der Waals surface area contributed by atoms with Crippen molar-refractivity contribution in [3.8, 4) is 11.1 Å². The van der Waals surface area contributed by atoms with Gasteiger partial charge in [0.25, 0.3) is 0 Å². The Labute approximate surface area is 104 Å². The largest absolute Gasteiger partial charge is 0.298 e. The monoisotopic (exact) mass is 248 g/mol. The first-order chi connectivity index (χ1) is 8.11. The van der Waals surface area contributed by atoms with Crippen LogP contribution in [0.25, 0.3) is 11.1 Å². The summed E-state index contributed by atoms with van der Waals surface area (Å²) in [6, 6.07) is 10.0. The van der Waals surface area contributed by atoms with E-state index in [9.17, 15) is 9.18 Å². The Balaban J connectivity index is 2.52. The van der Waals surface area contributed by atoms with Gasteiger partial charge in [-0.05, 0) is 41.8 Å². The maximum atomic E-state index is 13.2. The maximum absolute atomic E-state index is 13.2. The molecule has 0 radical (unpaired) electrons. The molecule has 3 heteroatoms. The van der Waals surface area contributed by atoms with Crippen LogP contribution in [0.1, 0.15) is 15.9 Å². The molecule has 0 fully saturated rings. The predicted octanol–water partition coefficient (Wildman–Crippen LogP) is 4.27. The van der Waals surface area contributed by atoms with Crippen molar-refractivity contribution in [1.29, 1.82) is 0 Å². The van der Waals surface area contributed by atoms with Gasteiger partial charge in [-0.15, -0.1) is 0 Å². The lowest BCUT2D eigenvalue weighted by Crippen LogP contribution is -1.89. The second kappa shape index (κ2) is 4.68. The molecule has 0 saturated heterocycles. The van der Waals surface area contributed by atoms with Crippen LogP contribution in [0.5, 0.6) is 0 Å². The number of carbonyl (C=O) groups is 1. The zero-order valence-corrected chi connectivity index (χ0v) is 9.96. The summed E-state index contributed by atoms with van der Waals surface area (Å²) in [4.78, 5) is 10.7. The molecular weight excluding hydrogens is 239 g/mol. The Morgan fingerprint density at radius 1 is 1.12 bits per heavy atom. The first kappa shape index (κ1) is 11.8. The highest BCUT2D eigenvalue weighted by atomic mass is 35.5. The van der Waals surface area contributed by atoms with Crippen molar-refractivity contribution in [3.63, 3.8) is 0 Å². The minimum atomic E-state index is -0.512. The number of benzene rings is 2. The van der Waals surface area contributed by atoms with Crippen LogP contribution < -0.4 is 0 Å². The molecule has 86 valence electrons. The molecule has 0 bridgehead atoms. The molecule has 0 aliphatic heterocycles. The Hall–Kier alpha value is -1.67. The SMILES string of the molecule is Cc1ccc(-c2ccc(F)c(C=O)c2)cc1Cl. The molecule has 0 aliphatic rings. The van der Waals surface area contributed by atoms with Crippen LogP contribution in [0.2, 0.25) is 5.02 Å². The lowest BCUT2D eigenvalue weighted by atomic mass is 10.0. The van der Waals surface area contributed by atoms with Crippen molar-refractivity contribution in [2.24, 2.45) is 0 Å². The van der Waals surface area contributed by atoms with Gasteiger partial charge in [-0.1, -0.05) is 29.8 Å². The first-order valence-electron chi connectivity index (χ1n) is 5.13. The molecule has 0 N–H and O–H groups in total. The van der Waals surface area contributed by atoms with Gasteiger partial charge in [-0.3, -0.25) is 4.79 Å². The lowest BCUT2D eigenvalue weighted by molar-refractivity contribution is 0.112. The fourth-order valence-corrected chi connectivity index (χ4v) is 1.77. The molecule has 0 saturated carbocycles. The number of hydrogen-bond acceptors (Lipinski definition) is 1. The smallest absolute Gasteiger partial charge is 0.153 e. The molecule has 0 aromatic heterocycles. The van der Waals surface area contributed by atoms with Crippen molar-refractivity contribution in [3.05, 3.63) is 58.4 Å². The molecular formula is C14H10ClFO. The first-order valence-corrected chi connectivity index (χ1v) is 5.51. The maximum Gasteiger partial charge on any atom is 0.153 e. The zero-order valence-electron chi connectivity index (χ0n) is 9.21. The van der Waals surface area contributed by atoms with E-state index in [0.717, 1.165) is 16.7 Å².